The van der Waals surface area contributed by atoms with E-state index in [-0.39, 0.29) is 31.2 Å². The van der Waals surface area contributed by atoms with Crippen molar-refractivity contribution in [3.8, 4) is 0 Å². The molecule has 8 heteroatoms. The summed E-state index contributed by atoms with van der Waals surface area (Å²) in [6.45, 7) is 5.33. The fourth-order valence-corrected chi connectivity index (χ4v) is 6.84. The molecule has 176 valence electrons. The van der Waals surface area contributed by atoms with Crippen molar-refractivity contribution in [1.82, 2.24) is 0 Å². The van der Waals surface area contributed by atoms with Crippen LogP contribution in [-0.2, 0) is 33.4 Å². The number of rotatable bonds is 3. The van der Waals surface area contributed by atoms with Gasteiger partial charge < -0.3 is 18.6 Å². The summed E-state index contributed by atoms with van der Waals surface area (Å²) in [5.41, 5.74) is -0.612. The second-order valence-corrected chi connectivity index (χ2v) is 10.1. The van der Waals surface area contributed by atoms with Crippen LogP contribution in [0.4, 0.5) is 0 Å². The molecule has 8 nitrogen and oxygen atoms in total. The summed E-state index contributed by atoms with van der Waals surface area (Å²) in [6.07, 6.45) is 4.54. The molecule has 1 aromatic heterocycles. The Hall–Kier alpha value is -2.90. The van der Waals surface area contributed by atoms with Crippen LogP contribution in [0.25, 0.3) is 0 Å². The van der Waals surface area contributed by atoms with Crippen molar-refractivity contribution < 1.29 is 37.8 Å². The predicted molar refractivity (Wildman–Crippen MR) is 112 cm³/mol. The fraction of sp³-hybridized carbons (Fsp3) is 0.600. The Morgan fingerprint density at radius 3 is 2.70 bits per heavy atom. The van der Waals surface area contributed by atoms with Gasteiger partial charge in [0, 0.05) is 23.5 Å². The van der Waals surface area contributed by atoms with Gasteiger partial charge in [0.05, 0.1) is 29.8 Å². The molecule has 2 saturated carbocycles. The summed E-state index contributed by atoms with van der Waals surface area (Å²) < 4.78 is 22.4. The average molecular weight is 456 g/mol. The van der Waals surface area contributed by atoms with Gasteiger partial charge in [-0.1, -0.05) is 13.0 Å². The van der Waals surface area contributed by atoms with E-state index in [1.54, 1.807) is 32.3 Å². The number of esters is 3. The number of carbonyl (C=O) groups is 4. The molecule has 0 aromatic carbocycles. The molecule has 7 atom stereocenters. The molecule has 2 saturated heterocycles. The van der Waals surface area contributed by atoms with E-state index >= 15 is 0 Å². The second-order valence-electron chi connectivity index (χ2n) is 10.1. The Morgan fingerprint density at radius 1 is 1.21 bits per heavy atom. The van der Waals surface area contributed by atoms with Gasteiger partial charge in [0.2, 0.25) is 0 Å². The summed E-state index contributed by atoms with van der Waals surface area (Å²) in [6, 6.07) is 1.75. The molecule has 4 aliphatic rings. The molecule has 0 amide bonds. The number of furan rings is 1. The van der Waals surface area contributed by atoms with E-state index in [0.29, 0.717) is 18.4 Å². The van der Waals surface area contributed by atoms with Crippen molar-refractivity contribution in [3.05, 3.63) is 35.8 Å². The van der Waals surface area contributed by atoms with Crippen LogP contribution in [0, 0.1) is 28.6 Å². The largest absolute Gasteiger partial charge is 0.472 e. The van der Waals surface area contributed by atoms with E-state index in [0.717, 1.165) is 5.56 Å². The first-order chi connectivity index (χ1) is 15.7. The van der Waals surface area contributed by atoms with Crippen LogP contribution < -0.4 is 0 Å². The standard InChI is InChI=1S/C25H28O8/c1-4-13(2)21(27)33-19-9-16-23(29)32-18(14-7-8-30-11-14)10-24(16,3)20-17(26)6-5-15-22(28)31-12-25(15,19)20/h4,7-8,11,15-16,18-20H,5-6,9-10,12H2,1-3H3/t15-,16+,18-,19-,20+,24-,25+/m0/s1. The molecule has 4 fully saturated rings. The van der Waals surface area contributed by atoms with Gasteiger partial charge in [-0.25, -0.2) is 4.79 Å². The summed E-state index contributed by atoms with van der Waals surface area (Å²) in [5, 5.41) is 0. The van der Waals surface area contributed by atoms with Gasteiger partial charge in [-0.3, -0.25) is 14.4 Å². The first-order valence-corrected chi connectivity index (χ1v) is 11.5. The topological polar surface area (TPSA) is 109 Å². The van der Waals surface area contributed by atoms with Crippen molar-refractivity contribution in [2.24, 2.45) is 28.6 Å². The summed E-state index contributed by atoms with van der Waals surface area (Å²) >= 11 is 0. The summed E-state index contributed by atoms with van der Waals surface area (Å²) in [4.78, 5) is 52.4. The minimum Gasteiger partial charge on any atom is -0.472 e. The van der Waals surface area contributed by atoms with Gasteiger partial charge in [-0.15, -0.1) is 0 Å². The maximum atomic E-state index is 13.6. The number of fused-ring (bicyclic) bond motifs is 2. The van der Waals surface area contributed by atoms with Gasteiger partial charge in [0.1, 0.15) is 24.6 Å². The minimum absolute atomic E-state index is 0.00742. The Labute approximate surface area is 191 Å². The van der Waals surface area contributed by atoms with Gasteiger partial charge in [-0.05, 0) is 44.6 Å². The van der Waals surface area contributed by atoms with Crippen molar-refractivity contribution >= 4 is 23.7 Å². The fourth-order valence-electron chi connectivity index (χ4n) is 6.84. The molecule has 0 N–H and O–H groups in total. The van der Waals surface area contributed by atoms with Crippen molar-refractivity contribution in [2.45, 2.75) is 58.7 Å². The van der Waals surface area contributed by atoms with E-state index in [1.165, 1.54) is 6.26 Å². The zero-order chi connectivity index (χ0) is 23.5. The molecule has 5 rings (SSSR count). The Kier molecular flexibility index (Phi) is 5.03. The summed E-state index contributed by atoms with van der Waals surface area (Å²) in [7, 11) is 0. The molecule has 1 spiro atoms. The normalized spacial score (nSPS) is 40.3. The van der Waals surface area contributed by atoms with Crippen LogP contribution in [-0.4, -0.2) is 36.4 Å². The van der Waals surface area contributed by atoms with Crippen LogP contribution in [0.1, 0.15) is 58.1 Å². The van der Waals surface area contributed by atoms with E-state index in [1.807, 2.05) is 6.92 Å². The summed E-state index contributed by atoms with van der Waals surface area (Å²) in [5.74, 6) is -3.17. The highest BCUT2D eigenvalue weighted by atomic mass is 16.6. The van der Waals surface area contributed by atoms with Gasteiger partial charge in [-0.2, -0.15) is 0 Å². The van der Waals surface area contributed by atoms with Gasteiger partial charge in [0.25, 0.3) is 0 Å². The number of ketones is 1. The Balaban J connectivity index is 1.61. The molecule has 33 heavy (non-hydrogen) atoms. The van der Waals surface area contributed by atoms with Gasteiger partial charge in [0.15, 0.2) is 0 Å². The zero-order valence-electron chi connectivity index (χ0n) is 19.0. The number of cyclic esters (lactones) is 2. The maximum Gasteiger partial charge on any atom is 0.333 e. The molecule has 0 radical (unpaired) electrons. The molecule has 1 aromatic rings. The lowest BCUT2D eigenvalue weighted by Gasteiger charge is -2.61. The molecule has 0 unspecified atom stereocenters. The van der Waals surface area contributed by atoms with E-state index in [4.69, 9.17) is 18.6 Å². The lowest BCUT2D eigenvalue weighted by Crippen LogP contribution is -2.67. The first-order valence-electron chi connectivity index (χ1n) is 11.5. The lowest BCUT2D eigenvalue weighted by atomic mass is 9.42. The first kappa shape index (κ1) is 21.9. The van der Waals surface area contributed by atoms with E-state index in [2.05, 4.69) is 0 Å². The number of carbonyl (C=O) groups excluding carboxylic acids is 4. The number of hydrogen-bond acceptors (Lipinski definition) is 8. The lowest BCUT2D eigenvalue weighted by molar-refractivity contribution is -0.225. The third-order valence-electron chi connectivity index (χ3n) is 8.53. The maximum absolute atomic E-state index is 13.6. The second kappa shape index (κ2) is 7.57. The average Bonchev–Trinajstić information content (AvgIpc) is 3.43. The van der Waals surface area contributed by atoms with Crippen molar-refractivity contribution in [3.63, 3.8) is 0 Å². The van der Waals surface area contributed by atoms with E-state index in [9.17, 15) is 19.2 Å². The monoisotopic (exact) mass is 456 g/mol. The van der Waals surface area contributed by atoms with E-state index < -0.39 is 52.7 Å². The quantitative estimate of drug-likeness (QED) is 0.387. The highest BCUT2D eigenvalue weighted by Crippen LogP contribution is 2.67. The number of ether oxygens (including phenoxy) is 3. The number of allylic oxidation sites excluding steroid dienone is 1. The van der Waals surface area contributed by atoms with Gasteiger partial charge >= 0.3 is 17.9 Å². The third-order valence-corrected chi connectivity index (χ3v) is 8.53. The molecular weight excluding hydrogens is 428 g/mol. The molecular formula is C25H28O8. The predicted octanol–water partition coefficient (Wildman–Crippen LogP) is 3.31. The van der Waals surface area contributed by atoms with Crippen molar-refractivity contribution in [1.29, 1.82) is 0 Å². The Bertz CT molecular complexity index is 1040. The van der Waals surface area contributed by atoms with Crippen LogP contribution in [0.5, 0.6) is 0 Å². The zero-order valence-corrected chi connectivity index (χ0v) is 19.0. The third kappa shape index (κ3) is 3.02. The number of hydrogen-bond donors (Lipinski definition) is 0. The number of Topliss-reactive ketones (excluding diaryl/α,β-unsaturated/α-hetero) is 1. The van der Waals surface area contributed by atoms with Crippen LogP contribution in [0.15, 0.2) is 34.7 Å². The smallest absolute Gasteiger partial charge is 0.333 e. The minimum atomic E-state index is -0.986. The van der Waals surface area contributed by atoms with Crippen molar-refractivity contribution in [2.75, 3.05) is 6.61 Å². The highest BCUT2D eigenvalue weighted by molar-refractivity contribution is 5.91. The van der Waals surface area contributed by atoms with Crippen LogP contribution in [0.2, 0.25) is 0 Å². The molecule has 2 aliphatic carbocycles. The van der Waals surface area contributed by atoms with Crippen LogP contribution in [0.3, 0.4) is 0 Å². The molecule has 0 bridgehead atoms. The molecule has 2 aliphatic heterocycles. The SMILES string of the molecule is CC=C(C)C(=O)O[C@H]1C[C@@H]2C(=O)O[C@H](c3ccoc3)C[C@]2(C)[C@H]2C(=O)CC[C@H]3C(=O)OC[C@@]123. The Morgan fingerprint density at radius 2 is 2.00 bits per heavy atom. The van der Waals surface area contributed by atoms with Crippen LogP contribution >= 0.6 is 0 Å². The molecule has 3 heterocycles. The highest BCUT2D eigenvalue weighted by Gasteiger charge is 2.74.